The highest BCUT2D eigenvalue weighted by atomic mass is 79.9. The number of carbonyl (C=O) groups is 2. The van der Waals surface area contributed by atoms with Crippen molar-refractivity contribution in [1.29, 1.82) is 0 Å². The number of amides is 2. The molecule has 0 aliphatic heterocycles. The first-order valence-corrected chi connectivity index (χ1v) is 7.64. The van der Waals surface area contributed by atoms with E-state index in [1.54, 1.807) is 4.90 Å². The van der Waals surface area contributed by atoms with Crippen molar-refractivity contribution < 1.29 is 9.59 Å². The second-order valence-corrected chi connectivity index (χ2v) is 5.52. The fourth-order valence-electron chi connectivity index (χ4n) is 1.85. The first-order chi connectivity index (χ1) is 9.54. The minimum absolute atomic E-state index is 0.0362. The molecule has 1 aromatic carbocycles. The molecule has 0 spiro atoms. The van der Waals surface area contributed by atoms with Crippen LogP contribution < -0.4 is 10.2 Å². The van der Waals surface area contributed by atoms with Crippen LogP contribution in [0.2, 0.25) is 0 Å². The van der Waals surface area contributed by atoms with Gasteiger partial charge >= 0.3 is 0 Å². The maximum absolute atomic E-state index is 11.7. The van der Waals surface area contributed by atoms with Crippen LogP contribution in [-0.2, 0) is 9.59 Å². The molecule has 0 saturated carbocycles. The minimum Gasteiger partial charge on any atom is -0.354 e. The lowest BCUT2D eigenvalue weighted by atomic mass is 10.2. The largest absolute Gasteiger partial charge is 0.354 e. The van der Waals surface area contributed by atoms with Crippen LogP contribution in [0.1, 0.15) is 33.1 Å². The first kappa shape index (κ1) is 16.7. The van der Waals surface area contributed by atoms with Gasteiger partial charge in [0, 0.05) is 36.6 Å². The van der Waals surface area contributed by atoms with Crippen molar-refractivity contribution in [3.8, 4) is 0 Å². The summed E-state index contributed by atoms with van der Waals surface area (Å²) in [4.78, 5) is 24.9. The van der Waals surface area contributed by atoms with Gasteiger partial charge in [0.2, 0.25) is 11.8 Å². The van der Waals surface area contributed by atoms with E-state index in [9.17, 15) is 9.59 Å². The SMILES string of the molecule is CCCCC(=O)NCCN(C(C)=O)c1cccc(Br)c1. The highest BCUT2D eigenvalue weighted by Crippen LogP contribution is 2.19. The molecule has 5 heteroatoms. The van der Waals surface area contributed by atoms with Gasteiger partial charge in [0.15, 0.2) is 0 Å². The van der Waals surface area contributed by atoms with E-state index in [0.29, 0.717) is 19.5 Å². The van der Waals surface area contributed by atoms with Gasteiger partial charge in [-0.1, -0.05) is 35.3 Å². The van der Waals surface area contributed by atoms with Crippen molar-refractivity contribution in [2.45, 2.75) is 33.1 Å². The van der Waals surface area contributed by atoms with Crippen molar-refractivity contribution in [3.63, 3.8) is 0 Å². The summed E-state index contributed by atoms with van der Waals surface area (Å²) >= 11 is 3.39. The van der Waals surface area contributed by atoms with Crippen LogP contribution in [0, 0.1) is 0 Å². The molecule has 0 heterocycles. The number of hydrogen-bond acceptors (Lipinski definition) is 2. The van der Waals surface area contributed by atoms with Crippen molar-refractivity contribution >= 4 is 33.4 Å². The third-order valence-electron chi connectivity index (χ3n) is 2.91. The summed E-state index contributed by atoms with van der Waals surface area (Å²) in [5, 5.41) is 2.84. The number of halogens is 1. The van der Waals surface area contributed by atoms with E-state index in [2.05, 4.69) is 28.2 Å². The smallest absolute Gasteiger partial charge is 0.223 e. The molecule has 0 saturated heterocycles. The van der Waals surface area contributed by atoms with Gasteiger partial charge in [0.05, 0.1) is 0 Å². The maximum Gasteiger partial charge on any atom is 0.223 e. The molecule has 110 valence electrons. The number of hydrogen-bond donors (Lipinski definition) is 1. The summed E-state index contributed by atoms with van der Waals surface area (Å²) < 4.78 is 0.924. The van der Waals surface area contributed by atoms with Crippen LogP contribution >= 0.6 is 15.9 Å². The van der Waals surface area contributed by atoms with Crippen LogP contribution in [0.4, 0.5) is 5.69 Å². The third kappa shape index (κ3) is 5.74. The molecule has 1 rings (SSSR count). The van der Waals surface area contributed by atoms with Crippen molar-refractivity contribution in [2.24, 2.45) is 0 Å². The standard InChI is InChI=1S/C15H21BrN2O2/c1-3-4-8-15(20)17-9-10-18(12(2)19)14-7-5-6-13(16)11-14/h5-7,11H,3-4,8-10H2,1-2H3,(H,17,20). The summed E-state index contributed by atoms with van der Waals surface area (Å²) in [5.74, 6) is 0.00972. The Hall–Kier alpha value is -1.36. The molecule has 0 aromatic heterocycles. The number of nitrogens with one attached hydrogen (secondary N) is 1. The van der Waals surface area contributed by atoms with Gasteiger partial charge in [-0.3, -0.25) is 9.59 Å². The van der Waals surface area contributed by atoms with Gasteiger partial charge in [-0.25, -0.2) is 0 Å². The minimum atomic E-state index is -0.0362. The molecule has 1 N–H and O–H groups in total. The molecule has 2 amide bonds. The predicted octanol–water partition coefficient (Wildman–Crippen LogP) is 3.11. The van der Waals surface area contributed by atoms with Crippen molar-refractivity contribution in [3.05, 3.63) is 28.7 Å². The molecule has 1 aromatic rings. The van der Waals surface area contributed by atoms with Crippen LogP contribution in [0.3, 0.4) is 0 Å². The maximum atomic E-state index is 11.7. The van der Waals surface area contributed by atoms with Gasteiger partial charge in [-0.2, -0.15) is 0 Å². The first-order valence-electron chi connectivity index (χ1n) is 6.85. The normalized spacial score (nSPS) is 10.2. The van der Waals surface area contributed by atoms with Gasteiger partial charge < -0.3 is 10.2 Å². The Morgan fingerprint density at radius 2 is 2.10 bits per heavy atom. The fourth-order valence-corrected chi connectivity index (χ4v) is 2.23. The second kappa shape index (κ2) is 8.74. The van der Waals surface area contributed by atoms with Gasteiger partial charge in [-0.15, -0.1) is 0 Å². The Labute approximate surface area is 128 Å². The van der Waals surface area contributed by atoms with E-state index in [4.69, 9.17) is 0 Å². The number of carbonyl (C=O) groups excluding carboxylic acids is 2. The summed E-state index contributed by atoms with van der Waals surface area (Å²) in [7, 11) is 0. The third-order valence-corrected chi connectivity index (χ3v) is 3.41. The van der Waals surface area contributed by atoms with Gasteiger partial charge in [0.25, 0.3) is 0 Å². The van der Waals surface area contributed by atoms with Crippen LogP contribution in [0.5, 0.6) is 0 Å². The Kier molecular flexibility index (Phi) is 7.30. The zero-order valence-corrected chi connectivity index (χ0v) is 13.6. The van der Waals surface area contributed by atoms with E-state index < -0.39 is 0 Å². The molecular formula is C15H21BrN2O2. The molecule has 0 aliphatic carbocycles. The number of anilines is 1. The summed E-state index contributed by atoms with van der Waals surface area (Å²) in [6.07, 6.45) is 2.45. The van der Waals surface area contributed by atoms with Crippen molar-refractivity contribution in [2.75, 3.05) is 18.0 Å². The fraction of sp³-hybridized carbons (Fsp3) is 0.467. The predicted molar refractivity (Wildman–Crippen MR) is 84.7 cm³/mol. The van der Waals surface area contributed by atoms with E-state index in [1.165, 1.54) is 6.92 Å². The Morgan fingerprint density at radius 3 is 2.70 bits per heavy atom. The number of benzene rings is 1. The number of rotatable bonds is 7. The number of unbranched alkanes of at least 4 members (excludes halogenated alkanes) is 1. The topological polar surface area (TPSA) is 49.4 Å². The molecule has 0 fully saturated rings. The molecule has 0 bridgehead atoms. The average Bonchev–Trinajstić information content (AvgIpc) is 2.40. The Balaban J connectivity index is 2.52. The van der Waals surface area contributed by atoms with Crippen molar-refractivity contribution in [1.82, 2.24) is 5.32 Å². The molecule has 0 radical (unpaired) electrons. The zero-order chi connectivity index (χ0) is 15.0. The van der Waals surface area contributed by atoms with Crippen LogP contribution in [0.25, 0.3) is 0 Å². The van der Waals surface area contributed by atoms with E-state index in [-0.39, 0.29) is 11.8 Å². The highest BCUT2D eigenvalue weighted by molar-refractivity contribution is 9.10. The number of nitrogens with zero attached hydrogens (tertiary/aromatic N) is 1. The zero-order valence-electron chi connectivity index (χ0n) is 12.0. The average molecular weight is 341 g/mol. The molecule has 0 unspecified atom stereocenters. The summed E-state index contributed by atoms with van der Waals surface area (Å²) in [6.45, 7) is 4.52. The monoisotopic (exact) mass is 340 g/mol. The van der Waals surface area contributed by atoms with Crippen LogP contribution in [-0.4, -0.2) is 24.9 Å². The lowest BCUT2D eigenvalue weighted by Crippen LogP contribution is -2.37. The molecular weight excluding hydrogens is 320 g/mol. The molecule has 0 atom stereocenters. The quantitative estimate of drug-likeness (QED) is 0.828. The molecule has 4 nitrogen and oxygen atoms in total. The summed E-state index contributed by atoms with van der Waals surface area (Å²) in [6, 6.07) is 7.56. The second-order valence-electron chi connectivity index (χ2n) is 4.60. The lowest BCUT2D eigenvalue weighted by molar-refractivity contribution is -0.121. The summed E-state index contributed by atoms with van der Waals surface area (Å²) in [5.41, 5.74) is 0.828. The van der Waals surface area contributed by atoms with Gasteiger partial charge in [-0.05, 0) is 24.6 Å². The van der Waals surface area contributed by atoms with E-state index in [1.807, 2.05) is 24.3 Å². The van der Waals surface area contributed by atoms with E-state index >= 15 is 0 Å². The lowest BCUT2D eigenvalue weighted by Gasteiger charge is -2.21. The van der Waals surface area contributed by atoms with E-state index in [0.717, 1.165) is 23.0 Å². The molecule has 0 aliphatic rings. The van der Waals surface area contributed by atoms with Crippen LogP contribution in [0.15, 0.2) is 28.7 Å². The highest BCUT2D eigenvalue weighted by Gasteiger charge is 2.11. The van der Waals surface area contributed by atoms with Gasteiger partial charge in [0.1, 0.15) is 0 Å². The Morgan fingerprint density at radius 1 is 1.35 bits per heavy atom. The molecule has 20 heavy (non-hydrogen) atoms. The Bertz CT molecular complexity index is 463.